The fourth-order valence-electron chi connectivity index (χ4n) is 2.17. The van der Waals surface area contributed by atoms with Gasteiger partial charge in [-0.1, -0.05) is 0 Å². The van der Waals surface area contributed by atoms with E-state index in [1.54, 1.807) is 4.68 Å². The Morgan fingerprint density at radius 2 is 2.56 bits per heavy atom. The van der Waals surface area contributed by atoms with E-state index in [1.165, 1.54) is 6.42 Å². The molecule has 1 N–H and O–H groups in total. The Hall–Kier alpha value is -0.870. The van der Waals surface area contributed by atoms with E-state index in [4.69, 9.17) is 4.74 Å². The lowest BCUT2D eigenvalue weighted by Crippen LogP contribution is -2.15. The molecule has 0 saturated carbocycles. The van der Waals surface area contributed by atoms with E-state index in [0.717, 1.165) is 31.6 Å². The van der Waals surface area contributed by atoms with Gasteiger partial charge in [-0.3, -0.25) is 4.68 Å². The first-order valence-corrected chi connectivity index (χ1v) is 6.02. The van der Waals surface area contributed by atoms with E-state index in [9.17, 15) is 5.11 Å². The van der Waals surface area contributed by atoms with Crippen LogP contribution < -0.4 is 0 Å². The van der Waals surface area contributed by atoms with Gasteiger partial charge in [-0.05, 0) is 31.7 Å². The molecular weight excluding hydrogens is 204 g/mol. The number of aryl methyl sites for hydroxylation is 1. The zero-order valence-corrected chi connectivity index (χ0v) is 9.80. The Morgan fingerprint density at radius 3 is 3.19 bits per heavy atom. The lowest BCUT2D eigenvalue weighted by atomic mass is 10.0. The van der Waals surface area contributed by atoms with Crippen LogP contribution in [0.25, 0.3) is 0 Å². The summed E-state index contributed by atoms with van der Waals surface area (Å²) < 4.78 is 7.29. The SMILES string of the molecule is Cn1ccc(CC(O)CCC2CCCO2)n1. The second kappa shape index (κ2) is 5.46. The fraction of sp³-hybridized carbons (Fsp3) is 0.750. The monoisotopic (exact) mass is 224 g/mol. The highest BCUT2D eigenvalue weighted by molar-refractivity contribution is 5.00. The quantitative estimate of drug-likeness (QED) is 0.819. The third kappa shape index (κ3) is 3.32. The molecule has 1 aromatic heterocycles. The van der Waals surface area contributed by atoms with Gasteiger partial charge in [0.15, 0.2) is 0 Å². The number of aliphatic hydroxyl groups is 1. The summed E-state index contributed by atoms with van der Waals surface area (Å²) in [6.45, 7) is 0.890. The van der Waals surface area contributed by atoms with Gasteiger partial charge >= 0.3 is 0 Å². The van der Waals surface area contributed by atoms with Crippen molar-refractivity contribution in [2.24, 2.45) is 7.05 Å². The first-order valence-electron chi connectivity index (χ1n) is 6.02. The van der Waals surface area contributed by atoms with Crippen LogP contribution in [0.4, 0.5) is 0 Å². The zero-order chi connectivity index (χ0) is 11.4. The molecule has 2 heterocycles. The van der Waals surface area contributed by atoms with Gasteiger partial charge in [-0.15, -0.1) is 0 Å². The second-order valence-corrected chi connectivity index (χ2v) is 4.55. The topological polar surface area (TPSA) is 47.3 Å². The van der Waals surface area contributed by atoms with E-state index < -0.39 is 0 Å². The molecule has 1 aromatic rings. The van der Waals surface area contributed by atoms with Crippen LogP contribution in [0.5, 0.6) is 0 Å². The van der Waals surface area contributed by atoms with Crippen molar-refractivity contribution in [2.45, 2.75) is 44.3 Å². The van der Waals surface area contributed by atoms with Gasteiger partial charge < -0.3 is 9.84 Å². The zero-order valence-electron chi connectivity index (χ0n) is 9.80. The maximum absolute atomic E-state index is 9.87. The highest BCUT2D eigenvalue weighted by atomic mass is 16.5. The van der Waals surface area contributed by atoms with Gasteiger partial charge in [-0.2, -0.15) is 5.10 Å². The minimum atomic E-state index is -0.293. The summed E-state index contributed by atoms with van der Waals surface area (Å²) in [6.07, 6.45) is 6.72. The molecule has 4 nitrogen and oxygen atoms in total. The molecule has 4 heteroatoms. The Morgan fingerprint density at radius 1 is 1.69 bits per heavy atom. The number of aliphatic hydroxyl groups excluding tert-OH is 1. The average Bonchev–Trinajstić information content (AvgIpc) is 2.87. The summed E-state index contributed by atoms with van der Waals surface area (Å²) in [7, 11) is 1.89. The van der Waals surface area contributed by atoms with Gasteiger partial charge in [0.05, 0.1) is 17.9 Å². The third-order valence-electron chi connectivity index (χ3n) is 3.06. The first kappa shape index (κ1) is 11.6. The molecule has 1 fully saturated rings. The highest BCUT2D eigenvalue weighted by Crippen LogP contribution is 2.18. The van der Waals surface area contributed by atoms with Crippen molar-refractivity contribution in [2.75, 3.05) is 6.61 Å². The number of ether oxygens (including phenoxy) is 1. The Kier molecular flexibility index (Phi) is 3.96. The van der Waals surface area contributed by atoms with Crippen LogP contribution in [0.2, 0.25) is 0 Å². The van der Waals surface area contributed by atoms with Gasteiger partial charge in [0.25, 0.3) is 0 Å². The van der Waals surface area contributed by atoms with Crippen molar-refractivity contribution < 1.29 is 9.84 Å². The van der Waals surface area contributed by atoms with Crippen LogP contribution in [-0.4, -0.2) is 33.7 Å². The molecule has 16 heavy (non-hydrogen) atoms. The van der Waals surface area contributed by atoms with E-state index in [2.05, 4.69) is 5.10 Å². The molecule has 2 rings (SSSR count). The maximum atomic E-state index is 9.87. The summed E-state index contributed by atoms with van der Waals surface area (Å²) in [4.78, 5) is 0. The summed E-state index contributed by atoms with van der Waals surface area (Å²) in [5.74, 6) is 0. The largest absolute Gasteiger partial charge is 0.393 e. The van der Waals surface area contributed by atoms with Crippen molar-refractivity contribution in [1.82, 2.24) is 9.78 Å². The van der Waals surface area contributed by atoms with Crippen LogP contribution in [0.15, 0.2) is 12.3 Å². The van der Waals surface area contributed by atoms with E-state index in [-0.39, 0.29) is 6.10 Å². The van der Waals surface area contributed by atoms with Gasteiger partial charge in [0.2, 0.25) is 0 Å². The van der Waals surface area contributed by atoms with Crippen molar-refractivity contribution in [3.8, 4) is 0 Å². The molecule has 1 aliphatic rings. The second-order valence-electron chi connectivity index (χ2n) is 4.55. The Bertz CT molecular complexity index is 319. The summed E-state index contributed by atoms with van der Waals surface area (Å²) in [6, 6.07) is 1.95. The molecule has 2 atom stereocenters. The minimum Gasteiger partial charge on any atom is -0.393 e. The van der Waals surface area contributed by atoms with Crippen molar-refractivity contribution >= 4 is 0 Å². The summed E-state index contributed by atoms with van der Waals surface area (Å²) in [5, 5.41) is 14.1. The van der Waals surface area contributed by atoms with E-state index >= 15 is 0 Å². The van der Waals surface area contributed by atoms with E-state index in [1.807, 2.05) is 19.3 Å². The molecule has 2 unspecified atom stereocenters. The van der Waals surface area contributed by atoms with Crippen molar-refractivity contribution in [1.29, 1.82) is 0 Å². The van der Waals surface area contributed by atoms with Crippen LogP contribution in [-0.2, 0) is 18.2 Å². The van der Waals surface area contributed by atoms with Crippen molar-refractivity contribution in [3.63, 3.8) is 0 Å². The number of aromatic nitrogens is 2. The smallest absolute Gasteiger partial charge is 0.0650 e. The molecule has 0 aromatic carbocycles. The predicted molar refractivity (Wildman–Crippen MR) is 61.1 cm³/mol. The Balaban J connectivity index is 1.69. The van der Waals surface area contributed by atoms with Crippen LogP contribution in [0.3, 0.4) is 0 Å². The fourth-order valence-corrected chi connectivity index (χ4v) is 2.17. The molecule has 0 bridgehead atoms. The lowest BCUT2D eigenvalue weighted by molar-refractivity contribution is 0.0810. The summed E-state index contributed by atoms with van der Waals surface area (Å²) >= 11 is 0. The number of nitrogens with zero attached hydrogens (tertiary/aromatic N) is 2. The van der Waals surface area contributed by atoms with Crippen LogP contribution >= 0.6 is 0 Å². The molecule has 1 aliphatic heterocycles. The molecule has 0 amide bonds. The van der Waals surface area contributed by atoms with Gasteiger partial charge in [0, 0.05) is 26.3 Å². The average molecular weight is 224 g/mol. The predicted octanol–water partition coefficient (Wildman–Crippen LogP) is 1.28. The van der Waals surface area contributed by atoms with Crippen LogP contribution in [0, 0.1) is 0 Å². The highest BCUT2D eigenvalue weighted by Gasteiger charge is 2.17. The molecule has 0 aliphatic carbocycles. The van der Waals surface area contributed by atoms with Gasteiger partial charge in [-0.25, -0.2) is 0 Å². The van der Waals surface area contributed by atoms with Gasteiger partial charge in [0.1, 0.15) is 0 Å². The molecule has 1 saturated heterocycles. The Labute approximate surface area is 96.2 Å². The van der Waals surface area contributed by atoms with Crippen LogP contribution in [0.1, 0.15) is 31.4 Å². The molecular formula is C12H20N2O2. The number of rotatable bonds is 5. The number of hydrogen-bond acceptors (Lipinski definition) is 3. The molecule has 0 spiro atoms. The molecule has 0 radical (unpaired) electrons. The first-order chi connectivity index (χ1) is 7.74. The van der Waals surface area contributed by atoms with Crippen molar-refractivity contribution in [3.05, 3.63) is 18.0 Å². The molecule has 90 valence electrons. The normalized spacial score (nSPS) is 22.5. The number of hydrogen-bond donors (Lipinski definition) is 1. The third-order valence-corrected chi connectivity index (χ3v) is 3.06. The summed E-state index contributed by atoms with van der Waals surface area (Å²) in [5.41, 5.74) is 0.961. The standard InChI is InChI=1S/C12H20N2O2/c1-14-7-6-10(13-14)9-11(15)4-5-12-3-2-8-16-12/h6-7,11-12,15H,2-5,8-9H2,1H3. The minimum absolute atomic E-state index is 0.293. The lowest BCUT2D eigenvalue weighted by Gasteiger charge is -2.12. The maximum Gasteiger partial charge on any atom is 0.0650 e. The van der Waals surface area contributed by atoms with E-state index in [0.29, 0.717) is 12.5 Å².